The van der Waals surface area contributed by atoms with Crippen LogP contribution in [-0.2, 0) is 6.42 Å². The summed E-state index contributed by atoms with van der Waals surface area (Å²) in [5.74, 6) is 0.155. The molecule has 2 nitrogen and oxygen atoms in total. The molecule has 0 aliphatic rings. The van der Waals surface area contributed by atoms with Crippen LogP contribution >= 0.6 is 11.6 Å². The van der Waals surface area contributed by atoms with E-state index in [1.165, 1.54) is 38.5 Å². The number of phenols is 1. The van der Waals surface area contributed by atoms with Crippen molar-refractivity contribution in [1.82, 2.24) is 0 Å². The van der Waals surface area contributed by atoms with Gasteiger partial charge in [-0.1, -0.05) is 63.1 Å². The van der Waals surface area contributed by atoms with Crippen LogP contribution in [0.3, 0.4) is 0 Å². The van der Waals surface area contributed by atoms with Crippen LogP contribution in [0.25, 0.3) is 0 Å². The van der Waals surface area contributed by atoms with Crippen molar-refractivity contribution < 1.29 is 5.11 Å². The van der Waals surface area contributed by atoms with E-state index < -0.39 is 0 Å². The molecule has 0 aliphatic heterocycles. The molecule has 0 fully saturated rings. The minimum absolute atomic E-state index is 0.155. The summed E-state index contributed by atoms with van der Waals surface area (Å²) in [5, 5.41) is 10.1. The standard InChI is InChI=1S/C15H24ClNO/c1-2-3-4-5-6-7-8-9-12-10-11-13(17)14(16)15(12)18/h10-11,18H,2-9,17H2,1H3. The summed E-state index contributed by atoms with van der Waals surface area (Å²) in [6, 6.07) is 3.63. The number of aryl methyl sites for hydroxylation is 1. The van der Waals surface area contributed by atoms with E-state index in [-0.39, 0.29) is 10.8 Å². The van der Waals surface area contributed by atoms with Crippen molar-refractivity contribution in [3.8, 4) is 5.75 Å². The van der Waals surface area contributed by atoms with E-state index >= 15 is 0 Å². The Bertz CT molecular complexity index is 366. The number of halogens is 1. The molecule has 0 aromatic heterocycles. The lowest BCUT2D eigenvalue weighted by atomic mass is 10.0. The summed E-state index contributed by atoms with van der Waals surface area (Å²) in [5.41, 5.74) is 6.97. The van der Waals surface area contributed by atoms with Crippen LogP contribution in [0.1, 0.15) is 57.4 Å². The van der Waals surface area contributed by atoms with Gasteiger partial charge in [-0.15, -0.1) is 0 Å². The number of benzene rings is 1. The van der Waals surface area contributed by atoms with Crippen LogP contribution in [0.4, 0.5) is 5.69 Å². The third-order valence-corrected chi connectivity index (χ3v) is 3.68. The van der Waals surface area contributed by atoms with Gasteiger partial charge in [0.2, 0.25) is 0 Å². The molecule has 0 bridgehead atoms. The Balaban J connectivity index is 2.25. The fraction of sp³-hybridized carbons (Fsp3) is 0.600. The monoisotopic (exact) mass is 269 g/mol. The SMILES string of the molecule is CCCCCCCCCc1ccc(N)c(Cl)c1O. The molecule has 0 spiro atoms. The molecule has 0 unspecified atom stereocenters. The van der Waals surface area contributed by atoms with Crippen molar-refractivity contribution in [2.75, 3.05) is 5.73 Å². The van der Waals surface area contributed by atoms with E-state index in [1.54, 1.807) is 6.07 Å². The topological polar surface area (TPSA) is 46.2 Å². The first-order chi connectivity index (χ1) is 8.66. The number of hydrogen-bond donors (Lipinski definition) is 2. The lowest BCUT2D eigenvalue weighted by Crippen LogP contribution is -1.92. The van der Waals surface area contributed by atoms with E-state index in [4.69, 9.17) is 17.3 Å². The van der Waals surface area contributed by atoms with E-state index in [9.17, 15) is 5.11 Å². The normalized spacial score (nSPS) is 10.8. The van der Waals surface area contributed by atoms with Gasteiger partial charge in [-0.25, -0.2) is 0 Å². The Morgan fingerprint density at radius 1 is 1.06 bits per heavy atom. The third-order valence-electron chi connectivity index (χ3n) is 3.28. The van der Waals surface area contributed by atoms with Crippen molar-refractivity contribution in [1.29, 1.82) is 0 Å². The molecule has 1 aromatic rings. The zero-order valence-electron chi connectivity index (χ0n) is 11.2. The number of phenolic OH excluding ortho intramolecular Hbond substituents is 1. The molecule has 102 valence electrons. The molecule has 0 radical (unpaired) electrons. The number of rotatable bonds is 8. The highest BCUT2D eigenvalue weighted by Gasteiger charge is 2.08. The van der Waals surface area contributed by atoms with Gasteiger partial charge in [0.15, 0.2) is 0 Å². The summed E-state index contributed by atoms with van der Waals surface area (Å²) < 4.78 is 0. The maximum absolute atomic E-state index is 9.84. The molecular weight excluding hydrogens is 246 g/mol. The average Bonchev–Trinajstić information content (AvgIpc) is 2.37. The smallest absolute Gasteiger partial charge is 0.139 e. The summed E-state index contributed by atoms with van der Waals surface area (Å²) >= 11 is 5.91. The summed E-state index contributed by atoms with van der Waals surface area (Å²) in [4.78, 5) is 0. The predicted molar refractivity (Wildman–Crippen MR) is 79.2 cm³/mol. The molecule has 0 aliphatic carbocycles. The van der Waals surface area contributed by atoms with Gasteiger partial charge < -0.3 is 10.8 Å². The van der Waals surface area contributed by atoms with Gasteiger partial charge in [0, 0.05) is 0 Å². The minimum Gasteiger partial charge on any atom is -0.506 e. The quantitative estimate of drug-likeness (QED) is 0.520. The van der Waals surface area contributed by atoms with Gasteiger partial charge in [-0.05, 0) is 24.5 Å². The van der Waals surface area contributed by atoms with Gasteiger partial charge in [-0.3, -0.25) is 0 Å². The van der Waals surface area contributed by atoms with Crippen molar-refractivity contribution in [3.05, 3.63) is 22.7 Å². The van der Waals surface area contributed by atoms with Crippen LogP contribution in [0.2, 0.25) is 5.02 Å². The van der Waals surface area contributed by atoms with Crippen molar-refractivity contribution in [2.24, 2.45) is 0 Å². The van der Waals surface area contributed by atoms with Crippen molar-refractivity contribution in [2.45, 2.75) is 58.3 Å². The third kappa shape index (κ3) is 4.77. The zero-order valence-corrected chi connectivity index (χ0v) is 12.0. The number of hydrogen-bond acceptors (Lipinski definition) is 2. The maximum Gasteiger partial charge on any atom is 0.139 e. The summed E-state index contributed by atoms with van der Waals surface area (Å²) in [6.45, 7) is 2.23. The molecular formula is C15H24ClNO. The van der Waals surface area contributed by atoms with E-state index in [2.05, 4.69) is 6.92 Å². The number of unbranched alkanes of at least 4 members (excludes halogenated alkanes) is 6. The fourth-order valence-corrected chi connectivity index (χ4v) is 2.28. The Kier molecular flexibility index (Phi) is 6.96. The van der Waals surface area contributed by atoms with Crippen molar-refractivity contribution in [3.63, 3.8) is 0 Å². The van der Waals surface area contributed by atoms with Crippen LogP contribution in [0.15, 0.2) is 12.1 Å². The number of aromatic hydroxyl groups is 1. The molecule has 0 saturated carbocycles. The van der Waals surface area contributed by atoms with Gasteiger partial charge >= 0.3 is 0 Å². The fourth-order valence-electron chi connectivity index (χ4n) is 2.09. The highest BCUT2D eigenvalue weighted by atomic mass is 35.5. The second-order valence-corrected chi connectivity index (χ2v) is 5.23. The lowest BCUT2D eigenvalue weighted by Gasteiger charge is -2.08. The second-order valence-electron chi connectivity index (χ2n) is 4.85. The largest absolute Gasteiger partial charge is 0.506 e. The first-order valence-electron chi connectivity index (χ1n) is 6.92. The van der Waals surface area contributed by atoms with Gasteiger partial charge in [0.25, 0.3) is 0 Å². The Labute approximate surface area is 115 Å². The van der Waals surface area contributed by atoms with Gasteiger partial charge in [-0.2, -0.15) is 0 Å². The molecule has 0 saturated heterocycles. The highest BCUT2D eigenvalue weighted by Crippen LogP contribution is 2.33. The van der Waals surface area contributed by atoms with Gasteiger partial charge in [0.1, 0.15) is 10.8 Å². The minimum atomic E-state index is 0.155. The molecule has 0 atom stereocenters. The molecule has 3 heteroatoms. The molecule has 0 amide bonds. The number of nitrogens with two attached hydrogens (primary N) is 1. The predicted octanol–water partition coefficient (Wildman–Crippen LogP) is 4.92. The van der Waals surface area contributed by atoms with Crippen LogP contribution in [0.5, 0.6) is 5.75 Å². The van der Waals surface area contributed by atoms with Crippen molar-refractivity contribution >= 4 is 17.3 Å². The Hall–Kier alpha value is -0.890. The number of nitrogen functional groups attached to an aromatic ring is 1. The Morgan fingerprint density at radius 3 is 2.33 bits per heavy atom. The van der Waals surface area contributed by atoms with Crippen LogP contribution < -0.4 is 5.73 Å². The van der Waals surface area contributed by atoms with Crippen LogP contribution in [0, 0.1) is 0 Å². The van der Waals surface area contributed by atoms with Crippen LogP contribution in [-0.4, -0.2) is 5.11 Å². The van der Waals surface area contributed by atoms with Gasteiger partial charge in [0.05, 0.1) is 5.69 Å². The second kappa shape index (κ2) is 8.25. The van der Waals surface area contributed by atoms with E-state index in [1.807, 2.05) is 6.07 Å². The molecule has 18 heavy (non-hydrogen) atoms. The maximum atomic E-state index is 9.84. The van der Waals surface area contributed by atoms with E-state index in [0.29, 0.717) is 5.69 Å². The molecule has 0 heterocycles. The zero-order chi connectivity index (χ0) is 13.4. The summed E-state index contributed by atoms with van der Waals surface area (Å²) in [6.07, 6.45) is 9.76. The molecule has 1 rings (SSSR count). The average molecular weight is 270 g/mol. The number of anilines is 1. The van der Waals surface area contributed by atoms with E-state index in [0.717, 1.165) is 18.4 Å². The lowest BCUT2D eigenvalue weighted by molar-refractivity contribution is 0.466. The highest BCUT2D eigenvalue weighted by molar-refractivity contribution is 6.34. The first-order valence-corrected chi connectivity index (χ1v) is 7.30. The molecule has 3 N–H and O–H groups in total. The Morgan fingerprint density at radius 2 is 1.67 bits per heavy atom. The molecule has 1 aromatic carbocycles. The first kappa shape index (κ1) is 15.2. The summed E-state index contributed by atoms with van der Waals surface area (Å²) in [7, 11) is 0.